The third-order valence-corrected chi connectivity index (χ3v) is 3.17. The molecule has 0 fully saturated rings. The van der Waals surface area contributed by atoms with E-state index in [4.69, 9.17) is 14.7 Å². The third-order valence-electron chi connectivity index (χ3n) is 3.17. The van der Waals surface area contributed by atoms with E-state index < -0.39 is 5.97 Å². The second-order valence-electron chi connectivity index (χ2n) is 4.43. The molecule has 0 radical (unpaired) electrons. The van der Waals surface area contributed by atoms with Gasteiger partial charge in [-0.15, -0.1) is 0 Å². The number of nitrogens with one attached hydrogen (secondary N) is 1. The normalized spacial score (nSPS) is 10.8. The van der Waals surface area contributed by atoms with Gasteiger partial charge in [0.2, 0.25) is 0 Å². The summed E-state index contributed by atoms with van der Waals surface area (Å²) in [7, 11) is 4.32. The number of methoxy groups -OCH3 is 3. The zero-order chi connectivity index (χ0) is 16.8. The van der Waals surface area contributed by atoms with Crippen LogP contribution in [0, 0.1) is 11.3 Å². The van der Waals surface area contributed by atoms with Crippen LogP contribution in [-0.2, 0) is 9.53 Å². The van der Waals surface area contributed by atoms with Crippen molar-refractivity contribution >= 4 is 12.0 Å². The zero-order valence-electron chi connectivity index (χ0n) is 12.9. The summed E-state index contributed by atoms with van der Waals surface area (Å²) in [6.45, 7) is 0. The highest BCUT2D eigenvalue weighted by Crippen LogP contribution is 2.33. The smallest absolute Gasteiger partial charge is 0.348 e. The molecule has 0 bridgehead atoms. The molecule has 0 atom stereocenters. The lowest BCUT2D eigenvalue weighted by molar-refractivity contribution is -0.135. The molecule has 0 spiro atoms. The summed E-state index contributed by atoms with van der Waals surface area (Å²) in [5.74, 6) is 0.454. The first-order valence-corrected chi connectivity index (χ1v) is 6.60. The lowest BCUT2D eigenvalue weighted by atomic mass is 10.1. The summed E-state index contributed by atoms with van der Waals surface area (Å²) in [6.07, 6.45) is 2.94. The fraction of sp³-hybridized carbons (Fsp3) is 0.188. The molecule has 1 N–H and O–H groups in total. The highest BCUT2D eigenvalue weighted by atomic mass is 16.5. The topological polar surface area (TPSA) is 97.2 Å². The van der Waals surface area contributed by atoms with Gasteiger partial charge in [0.05, 0.1) is 33.2 Å². The lowest BCUT2D eigenvalue weighted by Crippen LogP contribution is -2.02. The van der Waals surface area contributed by atoms with Crippen LogP contribution >= 0.6 is 0 Å². The number of benzene rings is 1. The Hall–Kier alpha value is -3.27. The van der Waals surface area contributed by atoms with Gasteiger partial charge < -0.3 is 14.2 Å². The second-order valence-corrected chi connectivity index (χ2v) is 4.43. The number of carbonyl (C=O) groups excluding carboxylic acids is 1. The third kappa shape index (κ3) is 3.32. The molecule has 1 aromatic heterocycles. The fourth-order valence-corrected chi connectivity index (χ4v) is 2.03. The highest BCUT2D eigenvalue weighted by Gasteiger charge is 2.14. The van der Waals surface area contributed by atoms with E-state index in [9.17, 15) is 4.79 Å². The molecule has 7 heteroatoms. The van der Waals surface area contributed by atoms with Crippen LogP contribution in [0.25, 0.3) is 17.3 Å². The second kappa shape index (κ2) is 7.13. The van der Waals surface area contributed by atoms with E-state index in [2.05, 4.69) is 14.9 Å². The Morgan fingerprint density at radius 3 is 2.61 bits per heavy atom. The summed E-state index contributed by atoms with van der Waals surface area (Å²) in [5, 5.41) is 15.9. The Morgan fingerprint density at radius 1 is 1.26 bits per heavy atom. The Bertz CT molecular complexity index is 787. The number of carbonyl (C=O) groups is 1. The molecule has 0 aliphatic carbocycles. The molecule has 0 saturated carbocycles. The number of aromatic amines is 1. The number of H-pyrrole nitrogens is 1. The summed E-state index contributed by atoms with van der Waals surface area (Å²) in [6, 6.07) is 7.16. The minimum Gasteiger partial charge on any atom is -0.493 e. The Kier molecular flexibility index (Phi) is 5.00. The van der Waals surface area contributed by atoms with Crippen LogP contribution < -0.4 is 9.47 Å². The number of aromatic nitrogens is 2. The van der Waals surface area contributed by atoms with Crippen molar-refractivity contribution in [1.29, 1.82) is 5.26 Å². The predicted molar refractivity (Wildman–Crippen MR) is 82.7 cm³/mol. The van der Waals surface area contributed by atoms with Crippen molar-refractivity contribution in [1.82, 2.24) is 10.2 Å². The van der Waals surface area contributed by atoms with Gasteiger partial charge in [0, 0.05) is 11.1 Å². The van der Waals surface area contributed by atoms with Crippen LogP contribution in [0.1, 0.15) is 5.56 Å². The number of hydrogen-bond donors (Lipinski definition) is 1. The zero-order valence-corrected chi connectivity index (χ0v) is 12.9. The SMILES string of the molecule is COC(=O)C(C#N)=Cc1cn[nH]c1-c1ccc(OC)c(OC)c1. The van der Waals surface area contributed by atoms with Crippen molar-refractivity contribution in [3.63, 3.8) is 0 Å². The van der Waals surface area contributed by atoms with Crippen LogP contribution in [0.2, 0.25) is 0 Å². The largest absolute Gasteiger partial charge is 0.493 e. The lowest BCUT2D eigenvalue weighted by Gasteiger charge is -2.09. The monoisotopic (exact) mass is 313 g/mol. The quantitative estimate of drug-likeness (QED) is 0.516. The van der Waals surface area contributed by atoms with Gasteiger partial charge in [0.1, 0.15) is 11.6 Å². The van der Waals surface area contributed by atoms with Crippen molar-refractivity contribution in [2.45, 2.75) is 0 Å². The molecule has 118 valence electrons. The van der Waals surface area contributed by atoms with Gasteiger partial charge >= 0.3 is 5.97 Å². The first-order chi connectivity index (χ1) is 11.1. The Morgan fingerprint density at radius 2 is 2.00 bits per heavy atom. The van der Waals surface area contributed by atoms with Crippen molar-refractivity contribution in [3.8, 4) is 28.8 Å². The van der Waals surface area contributed by atoms with Gasteiger partial charge in [-0.1, -0.05) is 0 Å². The average Bonchev–Trinajstić information content (AvgIpc) is 3.06. The van der Waals surface area contributed by atoms with Gasteiger partial charge in [-0.05, 0) is 24.3 Å². The van der Waals surface area contributed by atoms with Crippen molar-refractivity contribution in [2.24, 2.45) is 0 Å². The molecule has 0 aliphatic heterocycles. The van der Waals surface area contributed by atoms with Crippen molar-refractivity contribution < 1.29 is 19.0 Å². The number of nitriles is 1. The molecule has 23 heavy (non-hydrogen) atoms. The average molecular weight is 313 g/mol. The molecule has 7 nitrogen and oxygen atoms in total. The molecule has 0 amide bonds. The summed E-state index contributed by atoms with van der Waals surface area (Å²) < 4.78 is 15.0. The van der Waals surface area contributed by atoms with Gasteiger partial charge in [-0.25, -0.2) is 4.79 Å². The Balaban J connectivity index is 2.48. The molecule has 1 heterocycles. The van der Waals surface area contributed by atoms with Crippen LogP contribution in [-0.4, -0.2) is 37.5 Å². The standard InChI is InChI=1S/C16H15N3O4/c1-21-13-5-4-10(7-14(13)22-2)15-12(9-18-19-15)6-11(8-17)16(20)23-3/h4-7,9H,1-3H3,(H,18,19). The van der Waals surface area contributed by atoms with Crippen LogP contribution in [0.3, 0.4) is 0 Å². The molecular weight excluding hydrogens is 298 g/mol. The molecule has 0 saturated heterocycles. The van der Waals surface area contributed by atoms with Crippen LogP contribution in [0.5, 0.6) is 11.5 Å². The number of hydrogen-bond acceptors (Lipinski definition) is 6. The number of esters is 1. The van der Waals surface area contributed by atoms with Gasteiger partial charge in [-0.2, -0.15) is 10.4 Å². The minimum absolute atomic E-state index is 0.115. The van der Waals surface area contributed by atoms with Crippen LogP contribution in [0.4, 0.5) is 0 Å². The summed E-state index contributed by atoms with van der Waals surface area (Å²) in [4.78, 5) is 11.5. The summed E-state index contributed by atoms with van der Waals surface area (Å²) in [5.41, 5.74) is 1.88. The molecular formula is C16H15N3O4. The molecule has 2 aromatic rings. The number of nitrogens with zero attached hydrogens (tertiary/aromatic N) is 2. The fourth-order valence-electron chi connectivity index (χ4n) is 2.03. The van der Waals surface area contributed by atoms with Gasteiger partial charge in [-0.3, -0.25) is 5.10 Å². The minimum atomic E-state index is -0.702. The van der Waals surface area contributed by atoms with E-state index in [1.165, 1.54) is 19.4 Å². The predicted octanol–water partition coefficient (Wildman–Crippen LogP) is 2.17. The maximum atomic E-state index is 11.5. The van der Waals surface area contributed by atoms with E-state index in [0.29, 0.717) is 22.8 Å². The first kappa shape index (κ1) is 16.1. The molecule has 1 aromatic carbocycles. The van der Waals surface area contributed by atoms with E-state index in [-0.39, 0.29) is 5.57 Å². The van der Waals surface area contributed by atoms with Gasteiger partial charge in [0.25, 0.3) is 0 Å². The molecule has 2 rings (SSSR count). The molecule has 0 unspecified atom stereocenters. The van der Waals surface area contributed by atoms with E-state index in [1.807, 2.05) is 12.1 Å². The van der Waals surface area contributed by atoms with Crippen molar-refractivity contribution in [2.75, 3.05) is 21.3 Å². The van der Waals surface area contributed by atoms with Gasteiger partial charge in [0.15, 0.2) is 11.5 Å². The first-order valence-electron chi connectivity index (χ1n) is 6.60. The maximum absolute atomic E-state index is 11.5. The van der Waals surface area contributed by atoms with E-state index in [1.54, 1.807) is 26.4 Å². The van der Waals surface area contributed by atoms with Crippen molar-refractivity contribution in [3.05, 3.63) is 35.5 Å². The Labute approximate surface area is 133 Å². The van der Waals surface area contributed by atoms with E-state index >= 15 is 0 Å². The van der Waals surface area contributed by atoms with E-state index in [0.717, 1.165) is 5.56 Å². The summed E-state index contributed by atoms with van der Waals surface area (Å²) >= 11 is 0. The number of ether oxygens (including phenoxy) is 3. The molecule has 0 aliphatic rings. The van der Waals surface area contributed by atoms with Crippen LogP contribution in [0.15, 0.2) is 30.0 Å². The maximum Gasteiger partial charge on any atom is 0.348 e. The highest BCUT2D eigenvalue weighted by molar-refractivity contribution is 5.98. The number of rotatable bonds is 5.